The van der Waals surface area contributed by atoms with E-state index < -0.39 is 0 Å². The van der Waals surface area contributed by atoms with Crippen LogP contribution in [0.4, 0.5) is 0 Å². The molecule has 0 radical (unpaired) electrons. The van der Waals surface area contributed by atoms with E-state index in [1.54, 1.807) is 0 Å². The summed E-state index contributed by atoms with van der Waals surface area (Å²) in [5.41, 5.74) is 0.218. The maximum Gasteiger partial charge on any atom is 0.225 e. The van der Waals surface area contributed by atoms with Crippen molar-refractivity contribution in [2.45, 2.75) is 25.8 Å². The predicted octanol–water partition coefficient (Wildman–Crippen LogP) is 1.42. The fourth-order valence-electron chi connectivity index (χ4n) is 3.33. The van der Waals surface area contributed by atoms with E-state index in [2.05, 4.69) is 34.2 Å². The van der Waals surface area contributed by atoms with Gasteiger partial charge in [0.05, 0.1) is 0 Å². The molecule has 2 aliphatic heterocycles. The van der Waals surface area contributed by atoms with E-state index in [0.717, 1.165) is 38.7 Å². The van der Waals surface area contributed by atoms with Gasteiger partial charge in [-0.1, -0.05) is 13.8 Å². The Bertz CT molecular complexity index is 458. The summed E-state index contributed by atoms with van der Waals surface area (Å²) in [6.45, 7) is 8.12. The Labute approximate surface area is 174 Å². The molecule has 0 aromatic carbocycles. The quantitative estimate of drug-likeness (QED) is 0.373. The second-order valence-corrected chi connectivity index (χ2v) is 8.39. The fourth-order valence-corrected chi connectivity index (χ4v) is 4.88. The van der Waals surface area contributed by atoms with Gasteiger partial charge in [-0.15, -0.1) is 24.0 Å². The SMILES string of the molecule is CN=C(NCC1(N(C)C)CCSC1)N1CCN(C(=O)C(C)C)CC1.I. The highest BCUT2D eigenvalue weighted by Crippen LogP contribution is 2.31. The number of rotatable bonds is 4. The number of carbonyl (C=O) groups is 1. The minimum atomic E-state index is 0. The first kappa shape index (κ1) is 22.8. The van der Waals surface area contributed by atoms with E-state index in [0.29, 0.717) is 0 Å². The molecule has 1 N–H and O–H groups in total. The van der Waals surface area contributed by atoms with Gasteiger partial charge in [0.15, 0.2) is 5.96 Å². The molecule has 2 saturated heterocycles. The van der Waals surface area contributed by atoms with Gasteiger partial charge in [-0.05, 0) is 26.3 Å². The van der Waals surface area contributed by atoms with Crippen molar-refractivity contribution in [3.63, 3.8) is 0 Å². The standard InChI is InChI=1S/C17H33N5OS.HI/c1-14(2)15(23)21-7-9-22(10-8-21)16(18-3)19-12-17(20(4)5)6-11-24-13-17;/h14H,6-13H2,1-5H3,(H,18,19);1H. The van der Waals surface area contributed by atoms with Crippen molar-refractivity contribution < 1.29 is 4.79 Å². The van der Waals surface area contributed by atoms with Gasteiger partial charge in [0.1, 0.15) is 0 Å². The summed E-state index contributed by atoms with van der Waals surface area (Å²) >= 11 is 2.03. The molecule has 1 unspecified atom stereocenters. The van der Waals surface area contributed by atoms with Gasteiger partial charge in [0.2, 0.25) is 5.91 Å². The van der Waals surface area contributed by atoms with E-state index in [1.807, 2.05) is 37.6 Å². The number of nitrogens with zero attached hydrogens (tertiary/aromatic N) is 4. The molecule has 0 aromatic heterocycles. The molecule has 25 heavy (non-hydrogen) atoms. The van der Waals surface area contributed by atoms with Gasteiger partial charge < -0.3 is 20.0 Å². The Balaban J connectivity index is 0.00000312. The molecule has 0 aromatic rings. The van der Waals surface area contributed by atoms with Gasteiger partial charge in [0, 0.05) is 57.0 Å². The van der Waals surface area contributed by atoms with Crippen molar-refractivity contribution in [3.05, 3.63) is 0 Å². The number of carbonyl (C=O) groups excluding carboxylic acids is 1. The Morgan fingerprint density at radius 2 is 1.84 bits per heavy atom. The molecular weight excluding hydrogens is 449 g/mol. The van der Waals surface area contributed by atoms with Crippen LogP contribution in [0.15, 0.2) is 4.99 Å². The number of aliphatic imine (C=N–C) groups is 1. The van der Waals surface area contributed by atoms with Gasteiger partial charge in [-0.3, -0.25) is 9.79 Å². The first-order valence-electron chi connectivity index (χ1n) is 8.89. The van der Waals surface area contributed by atoms with Crippen LogP contribution in [0.2, 0.25) is 0 Å². The fraction of sp³-hybridized carbons (Fsp3) is 0.882. The summed E-state index contributed by atoms with van der Waals surface area (Å²) in [6, 6.07) is 0. The highest BCUT2D eigenvalue weighted by Gasteiger charge is 2.37. The molecule has 0 saturated carbocycles. The normalized spacial score (nSPS) is 24.7. The lowest BCUT2D eigenvalue weighted by atomic mass is 9.97. The molecule has 6 nitrogen and oxygen atoms in total. The van der Waals surface area contributed by atoms with Gasteiger partial charge >= 0.3 is 0 Å². The summed E-state index contributed by atoms with van der Waals surface area (Å²) in [5, 5.41) is 3.59. The van der Waals surface area contributed by atoms with Crippen LogP contribution in [0.25, 0.3) is 0 Å². The summed E-state index contributed by atoms with van der Waals surface area (Å²) in [7, 11) is 6.19. The highest BCUT2D eigenvalue weighted by atomic mass is 127. The predicted molar refractivity (Wildman–Crippen MR) is 118 cm³/mol. The molecule has 1 atom stereocenters. The van der Waals surface area contributed by atoms with Crippen molar-refractivity contribution in [2.75, 3.05) is 65.4 Å². The van der Waals surface area contributed by atoms with E-state index in [4.69, 9.17) is 0 Å². The van der Waals surface area contributed by atoms with Crippen LogP contribution in [0.1, 0.15) is 20.3 Å². The third-order valence-electron chi connectivity index (χ3n) is 5.20. The Kier molecular flexibility index (Phi) is 9.31. The molecule has 146 valence electrons. The van der Waals surface area contributed by atoms with Crippen LogP contribution < -0.4 is 5.32 Å². The first-order valence-corrected chi connectivity index (χ1v) is 10.0. The lowest BCUT2D eigenvalue weighted by molar-refractivity contribution is -0.135. The molecule has 0 bridgehead atoms. The van der Waals surface area contributed by atoms with Gasteiger partial charge in [-0.2, -0.15) is 11.8 Å². The number of halogens is 1. The van der Waals surface area contributed by atoms with Crippen LogP contribution >= 0.6 is 35.7 Å². The van der Waals surface area contributed by atoms with E-state index in [1.165, 1.54) is 17.9 Å². The lowest BCUT2D eigenvalue weighted by Gasteiger charge is -2.40. The van der Waals surface area contributed by atoms with Crippen LogP contribution in [-0.2, 0) is 4.79 Å². The molecule has 2 fully saturated rings. The number of likely N-dealkylation sites (N-methyl/N-ethyl adjacent to an activating group) is 1. The number of hydrogen-bond donors (Lipinski definition) is 1. The third-order valence-corrected chi connectivity index (χ3v) is 6.44. The topological polar surface area (TPSA) is 51.2 Å². The van der Waals surface area contributed by atoms with E-state index >= 15 is 0 Å². The minimum Gasteiger partial charge on any atom is -0.354 e. The number of hydrogen-bond acceptors (Lipinski definition) is 4. The average molecular weight is 483 g/mol. The summed E-state index contributed by atoms with van der Waals surface area (Å²) in [4.78, 5) is 23.2. The molecule has 1 amide bonds. The summed E-state index contributed by atoms with van der Waals surface area (Å²) in [5.74, 6) is 3.69. The van der Waals surface area contributed by atoms with E-state index in [9.17, 15) is 4.79 Å². The number of amides is 1. The second-order valence-electron chi connectivity index (χ2n) is 7.29. The molecule has 0 spiro atoms. The van der Waals surface area contributed by atoms with Crippen molar-refractivity contribution in [2.24, 2.45) is 10.9 Å². The smallest absolute Gasteiger partial charge is 0.225 e. The van der Waals surface area contributed by atoms with Gasteiger partial charge in [-0.25, -0.2) is 0 Å². The van der Waals surface area contributed by atoms with Crippen molar-refractivity contribution >= 4 is 47.6 Å². The van der Waals surface area contributed by atoms with Gasteiger partial charge in [0.25, 0.3) is 0 Å². The zero-order chi connectivity index (χ0) is 17.7. The molecule has 2 heterocycles. The summed E-state index contributed by atoms with van der Waals surface area (Å²) in [6.07, 6.45) is 1.21. The van der Waals surface area contributed by atoms with Crippen molar-refractivity contribution in [1.29, 1.82) is 0 Å². The largest absolute Gasteiger partial charge is 0.354 e. The Morgan fingerprint density at radius 1 is 1.24 bits per heavy atom. The van der Waals surface area contributed by atoms with Crippen LogP contribution in [0.3, 0.4) is 0 Å². The number of thioether (sulfide) groups is 1. The van der Waals surface area contributed by atoms with Crippen molar-refractivity contribution in [3.8, 4) is 0 Å². The number of guanidine groups is 1. The highest BCUT2D eigenvalue weighted by molar-refractivity contribution is 14.0. The Morgan fingerprint density at radius 3 is 2.28 bits per heavy atom. The maximum absolute atomic E-state index is 12.1. The second kappa shape index (κ2) is 10.2. The lowest BCUT2D eigenvalue weighted by Crippen LogP contribution is -2.58. The van der Waals surface area contributed by atoms with Crippen molar-refractivity contribution in [1.82, 2.24) is 20.0 Å². The first-order chi connectivity index (χ1) is 11.4. The average Bonchev–Trinajstić information content (AvgIpc) is 3.05. The maximum atomic E-state index is 12.1. The van der Waals surface area contributed by atoms with Crippen LogP contribution in [0, 0.1) is 5.92 Å². The molecule has 0 aliphatic carbocycles. The summed E-state index contributed by atoms with van der Waals surface area (Å²) < 4.78 is 0. The molecular formula is C17H34IN5OS. The van der Waals surface area contributed by atoms with Crippen LogP contribution in [0.5, 0.6) is 0 Å². The monoisotopic (exact) mass is 483 g/mol. The molecule has 8 heteroatoms. The zero-order valence-corrected chi connectivity index (χ0v) is 19.4. The molecule has 2 rings (SSSR count). The third kappa shape index (κ3) is 5.63. The Hall–Kier alpha value is -0.220. The minimum absolute atomic E-state index is 0. The van der Waals surface area contributed by atoms with Crippen LogP contribution in [-0.4, -0.2) is 97.5 Å². The number of piperazine rings is 1. The molecule has 2 aliphatic rings. The van der Waals surface area contributed by atoms with E-state index in [-0.39, 0.29) is 41.3 Å². The number of nitrogens with one attached hydrogen (secondary N) is 1. The zero-order valence-electron chi connectivity index (χ0n) is 16.2.